The van der Waals surface area contributed by atoms with Crippen molar-refractivity contribution in [2.75, 3.05) is 20.6 Å². The van der Waals surface area contributed by atoms with Gasteiger partial charge in [0.15, 0.2) is 5.65 Å². The van der Waals surface area contributed by atoms with Gasteiger partial charge < -0.3 is 10.2 Å². The lowest BCUT2D eigenvalue weighted by Gasteiger charge is -2.09. The first kappa shape index (κ1) is 15.5. The first-order valence-electron chi connectivity index (χ1n) is 8.19. The number of carbonyl (C=O) groups is 1. The van der Waals surface area contributed by atoms with Crippen LogP contribution in [-0.4, -0.2) is 45.8 Å². The molecule has 1 N–H and O–H groups in total. The van der Waals surface area contributed by atoms with E-state index in [-0.39, 0.29) is 5.91 Å². The molecule has 3 heterocycles. The number of fused-ring (bicyclic) bond motifs is 4. The monoisotopic (exact) mass is 333 g/mol. The maximum atomic E-state index is 12.0. The maximum absolute atomic E-state index is 12.0. The van der Waals surface area contributed by atoms with Crippen molar-refractivity contribution < 1.29 is 4.79 Å². The number of carbonyl (C=O) groups excluding carboxylic acids is 1. The van der Waals surface area contributed by atoms with E-state index < -0.39 is 0 Å². The van der Waals surface area contributed by atoms with E-state index in [1.807, 2.05) is 72.1 Å². The number of para-hydroxylation sites is 2. The Bertz CT molecular complexity index is 1080. The first-order valence-corrected chi connectivity index (χ1v) is 8.19. The highest BCUT2D eigenvalue weighted by molar-refractivity contribution is 5.92. The third kappa shape index (κ3) is 2.81. The number of nitrogens with one attached hydrogen (secondary N) is 1. The Labute approximate surface area is 145 Å². The molecule has 6 heteroatoms. The third-order valence-electron chi connectivity index (χ3n) is 4.16. The molecule has 0 radical (unpaired) electrons. The van der Waals surface area contributed by atoms with Crippen LogP contribution in [0.15, 0.2) is 48.7 Å². The minimum absolute atomic E-state index is 0.0119. The van der Waals surface area contributed by atoms with Gasteiger partial charge in [-0.25, -0.2) is 9.97 Å². The summed E-state index contributed by atoms with van der Waals surface area (Å²) >= 11 is 0. The summed E-state index contributed by atoms with van der Waals surface area (Å²) in [4.78, 5) is 23.5. The van der Waals surface area contributed by atoms with Gasteiger partial charge in [-0.3, -0.25) is 9.20 Å². The van der Waals surface area contributed by atoms with Crippen molar-refractivity contribution in [1.29, 1.82) is 0 Å². The number of hydrogen-bond acceptors (Lipinski definition) is 4. The zero-order valence-electron chi connectivity index (χ0n) is 14.2. The van der Waals surface area contributed by atoms with Crippen LogP contribution < -0.4 is 5.32 Å². The summed E-state index contributed by atoms with van der Waals surface area (Å²) in [5, 5.41) is 2.99. The largest absolute Gasteiger partial charge is 0.351 e. The van der Waals surface area contributed by atoms with Gasteiger partial charge in [0.25, 0.3) is 0 Å². The predicted molar refractivity (Wildman–Crippen MR) is 98.4 cm³/mol. The summed E-state index contributed by atoms with van der Waals surface area (Å²) in [7, 11) is 3.75. The minimum Gasteiger partial charge on any atom is -0.351 e. The van der Waals surface area contributed by atoms with Crippen LogP contribution in [0.1, 0.15) is 5.56 Å². The lowest BCUT2D eigenvalue weighted by molar-refractivity contribution is -0.121. The van der Waals surface area contributed by atoms with E-state index in [2.05, 4.69) is 5.32 Å². The molecule has 0 bridgehead atoms. The second-order valence-electron chi connectivity index (χ2n) is 6.33. The fourth-order valence-electron chi connectivity index (χ4n) is 3.06. The van der Waals surface area contributed by atoms with Crippen molar-refractivity contribution in [3.05, 3.63) is 54.2 Å². The summed E-state index contributed by atoms with van der Waals surface area (Å²) < 4.78 is 2.03. The Hall–Kier alpha value is -2.99. The SMILES string of the molecule is CN(C)CC(=O)NCc1c2nc3ccccc3nc2n2ccccc12. The molecule has 1 amide bonds. The highest BCUT2D eigenvalue weighted by Gasteiger charge is 2.16. The fourth-order valence-corrected chi connectivity index (χ4v) is 3.06. The Kier molecular flexibility index (Phi) is 3.82. The molecule has 0 aliphatic heterocycles. The summed E-state index contributed by atoms with van der Waals surface area (Å²) in [6.45, 7) is 0.787. The molecule has 0 aliphatic rings. The van der Waals surface area contributed by atoms with Crippen LogP contribution in [0.3, 0.4) is 0 Å². The van der Waals surface area contributed by atoms with E-state index in [1.165, 1.54) is 0 Å². The predicted octanol–water partition coefficient (Wildman–Crippen LogP) is 2.21. The van der Waals surface area contributed by atoms with Crippen LogP contribution in [0.25, 0.3) is 27.7 Å². The third-order valence-corrected chi connectivity index (χ3v) is 4.16. The number of nitrogens with zero attached hydrogens (tertiary/aromatic N) is 4. The van der Waals surface area contributed by atoms with Gasteiger partial charge in [0.1, 0.15) is 5.52 Å². The van der Waals surface area contributed by atoms with Gasteiger partial charge in [0, 0.05) is 18.3 Å². The van der Waals surface area contributed by atoms with Crippen LogP contribution in [0.4, 0.5) is 0 Å². The van der Waals surface area contributed by atoms with E-state index in [0.29, 0.717) is 13.1 Å². The van der Waals surface area contributed by atoms with E-state index in [9.17, 15) is 4.79 Å². The Morgan fingerprint density at radius 2 is 1.80 bits per heavy atom. The summed E-state index contributed by atoms with van der Waals surface area (Å²) in [5.74, 6) is -0.0119. The molecule has 0 atom stereocenters. The second kappa shape index (κ2) is 6.14. The van der Waals surface area contributed by atoms with Gasteiger partial charge in [0.2, 0.25) is 5.91 Å². The topological polar surface area (TPSA) is 62.5 Å². The maximum Gasteiger partial charge on any atom is 0.234 e. The van der Waals surface area contributed by atoms with E-state index in [0.717, 1.165) is 33.3 Å². The molecule has 0 spiro atoms. The molecule has 0 fully saturated rings. The lowest BCUT2D eigenvalue weighted by atomic mass is 10.2. The number of rotatable bonds is 4. The van der Waals surface area contributed by atoms with Crippen LogP contribution >= 0.6 is 0 Å². The molecule has 3 aromatic heterocycles. The molecule has 0 saturated carbocycles. The normalized spacial score (nSPS) is 11.6. The van der Waals surface area contributed by atoms with Gasteiger partial charge in [0.05, 0.1) is 23.1 Å². The van der Waals surface area contributed by atoms with Gasteiger partial charge in [-0.15, -0.1) is 0 Å². The molecule has 0 unspecified atom stereocenters. The van der Waals surface area contributed by atoms with Crippen molar-refractivity contribution in [1.82, 2.24) is 24.6 Å². The Balaban J connectivity index is 1.85. The zero-order valence-corrected chi connectivity index (χ0v) is 14.2. The molecule has 0 saturated heterocycles. The highest BCUT2D eigenvalue weighted by Crippen LogP contribution is 2.25. The standard InChI is InChI=1S/C19H19N5O/c1-23(2)12-17(25)20-11-13-16-9-5-6-10-24(16)19-18(13)21-14-7-3-4-8-15(14)22-19/h3-10H,11-12H2,1-2H3,(H,20,25). The molecule has 1 aromatic carbocycles. The summed E-state index contributed by atoms with van der Waals surface area (Å²) in [6.07, 6.45) is 1.98. The first-order chi connectivity index (χ1) is 12.1. The van der Waals surface area contributed by atoms with E-state index in [1.54, 1.807) is 0 Å². The molecule has 0 aliphatic carbocycles. The molecule has 25 heavy (non-hydrogen) atoms. The summed E-state index contributed by atoms with van der Waals surface area (Å²) in [6, 6.07) is 13.8. The molecular weight excluding hydrogens is 314 g/mol. The van der Waals surface area contributed by atoms with Crippen LogP contribution in [0, 0.1) is 0 Å². The summed E-state index contributed by atoms with van der Waals surface area (Å²) in [5.41, 5.74) is 5.35. The number of benzene rings is 1. The number of amides is 1. The van der Waals surface area contributed by atoms with Crippen molar-refractivity contribution >= 4 is 33.6 Å². The minimum atomic E-state index is -0.0119. The van der Waals surface area contributed by atoms with Crippen molar-refractivity contribution in [3.8, 4) is 0 Å². The van der Waals surface area contributed by atoms with Crippen molar-refractivity contribution in [2.45, 2.75) is 6.54 Å². The quantitative estimate of drug-likeness (QED) is 0.622. The lowest BCUT2D eigenvalue weighted by Crippen LogP contribution is -2.32. The van der Waals surface area contributed by atoms with E-state index >= 15 is 0 Å². The van der Waals surface area contributed by atoms with Gasteiger partial charge in [-0.2, -0.15) is 0 Å². The molecule has 126 valence electrons. The van der Waals surface area contributed by atoms with Crippen LogP contribution in [0.2, 0.25) is 0 Å². The molecule has 6 nitrogen and oxygen atoms in total. The Morgan fingerprint density at radius 3 is 2.56 bits per heavy atom. The van der Waals surface area contributed by atoms with Gasteiger partial charge in [-0.1, -0.05) is 18.2 Å². The van der Waals surface area contributed by atoms with Crippen LogP contribution in [0.5, 0.6) is 0 Å². The fraction of sp³-hybridized carbons (Fsp3) is 0.211. The molecular formula is C19H19N5O. The van der Waals surface area contributed by atoms with E-state index in [4.69, 9.17) is 9.97 Å². The highest BCUT2D eigenvalue weighted by atomic mass is 16.2. The number of aromatic nitrogens is 3. The number of hydrogen-bond donors (Lipinski definition) is 1. The number of likely N-dealkylation sites (N-methyl/N-ethyl adjacent to an activating group) is 1. The van der Waals surface area contributed by atoms with Crippen molar-refractivity contribution in [3.63, 3.8) is 0 Å². The zero-order chi connectivity index (χ0) is 17.4. The van der Waals surface area contributed by atoms with Crippen LogP contribution in [-0.2, 0) is 11.3 Å². The van der Waals surface area contributed by atoms with Crippen molar-refractivity contribution in [2.24, 2.45) is 0 Å². The Morgan fingerprint density at radius 1 is 1.08 bits per heavy atom. The molecule has 4 aromatic rings. The average molecular weight is 333 g/mol. The number of pyridine rings is 1. The smallest absolute Gasteiger partial charge is 0.234 e. The second-order valence-corrected chi connectivity index (χ2v) is 6.33. The van der Waals surface area contributed by atoms with Gasteiger partial charge >= 0.3 is 0 Å². The molecule has 4 rings (SSSR count). The van der Waals surface area contributed by atoms with Gasteiger partial charge in [-0.05, 0) is 38.4 Å². The average Bonchev–Trinajstić information content (AvgIpc) is 2.90.